The Kier molecular flexibility index (Phi) is 2.81. The Morgan fingerprint density at radius 1 is 1.44 bits per heavy atom. The highest BCUT2D eigenvalue weighted by molar-refractivity contribution is 5.81. The largest absolute Gasteiger partial charge is 0.313 e. The first-order valence-electron chi connectivity index (χ1n) is 5.13. The molecule has 0 spiro atoms. The molecule has 0 saturated carbocycles. The van der Waals surface area contributed by atoms with Gasteiger partial charge in [0.25, 0.3) is 5.56 Å². The van der Waals surface area contributed by atoms with Crippen molar-refractivity contribution in [1.29, 1.82) is 0 Å². The predicted molar refractivity (Wildman–Crippen MR) is 61.5 cm³/mol. The van der Waals surface area contributed by atoms with Gasteiger partial charge in [0, 0.05) is 6.42 Å². The lowest BCUT2D eigenvalue weighted by Gasteiger charge is -2.04. The first-order chi connectivity index (χ1) is 7.72. The predicted octanol–water partition coefficient (Wildman–Crippen LogP) is 1.36. The van der Waals surface area contributed by atoms with Crippen molar-refractivity contribution in [2.45, 2.75) is 19.8 Å². The molecule has 0 amide bonds. The van der Waals surface area contributed by atoms with E-state index >= 15 is 0 Å². The fraction of sp³-hybridized carbons (Fsp3) is 0.250. The van der Waals surface area contributed by atoms with Crippen LogP contribution in [-0.4, -0.2) is 16.3 Å². The van der Waals surface area contributed by atoms with E-state index in [1.807, 2.05) is 13.0 Å². The zero-order chi connectivity index (χ0) is 11.5. The summed E-state index contributed by atoms with van der Waals surface area (Å²) in [5, 5.41) is 0.586. The number of aryl methyl sites for hydroxylation is 2. The number of hydrogen-bond acceptors (Lipinski definition) is 3. The number of H-pyrrole nitrogens is 1. The van der Waals surface area contributed by atoms with Crippen LogP contribution in [0.5, 0.6) is 0 Å². The Morgan fingerprint density at radius 2 is 2.25 bits per heavy atom. The van der Waals surface area contributed by atoms with E-state index in [-0.39, 0.29) is 5.56 Å². The summed E-state index contributed by atoms with van der Waals surface area (Å²) >= 11 is 0. The van der Waals surface area contributed by atoms with Crippen molar-refractivity contribution in [1.82, 2.24) is 9.97 Å². The molecule has 0 unspecified atom stereocenters. The second-order valence-electron chi connectivity index (χ2n) is 3.75. The summed E-state index contributed by atoms with van der Waals surface area (Å²) in [4.78, 5) is 28.6. The Balaban J connectivity index is 2.61. The number of carbonyl (C=O) groups is 1. The van der Waals surface area contributed by atoms with Crippen molar-refractivity contribution in [3.8, 4) is 0 Å². The lowest BCUT2D eigenvalue weighted by atomic mass is 10.0. The highest BCUT2D eigenvalue weighted by Gasteiger charge is 2.04. The van der Waals surface area contributed by atoms with E-state index < -0.39 is 0 Å². The van der Waals surface area contributed by atoms with Crippen molar-refractivity contribution in [2.24, 2.45) is 0 Å². The Bertz CT molecular complexity index is 587. The van der Waals surface area contributed by atoms with Gasteiger partial charge in [-0.05, 0) is 30.5 Å². The monoisotopic (exact) mass is 216 g/mol. The third kappa shape index (κ3) is 1.86. The first kappa shape index (κ1) is 10.5. The smallest absolute Gasteiger partial charge is 0.258 e. The SMILES string of the molecule is Cc1cc(CCC=O)cc2c(=O)[nH]cnc12. The van der Waals surface area contributed by atoms with E-state index in [4.69, 9.17) is 0 Å². The zero-order valence-corrected chi connectivity index (χ0v) is 8.99. The van der Waals surface area contributed by atoms with Crippen LogP contribution in [0.4, 0.5) is 0 Å². The summed E-state index contributed by atoms with van der Waals surface area (Å²) in [7, 11) is 0. The summed E-state index contributed by atoms with van der Waals surface area (Å²) in [6.45, 7) is 1.92. The normalized spacial score (nSPS) is 10.6. The van der Waals surface area contributed by atoms with Gasteiger partial charge in [-0.1, -0.05) is 6.07 Å². The molecule has 82 valence electrons. The van der Waals surface area contributed by atoms with Crippen LogP contribution in [0.15, 0.2) is 23.3 Å². The van der Waals surface area contributed by atoms with E-state index in [9.17, 15) is 9.59 Å². The van der Waals surface area contributed by atoms with Gasteiger partial charge in [0.2, 0.25) is 0 Å². The molecule has 0 aliphatic rings. The molecule has 16 heavy (non-hydrogen) atoms. The van der Waals surface area contributed by atoms with Crippen LogP contribution < -0.4 is 5.56 Å². The lowest BCUT2D eigenvalue weighted by Crippen LogP contribution is -2.07. The van der Waals surface area contributed by atoms with Crippen LogP contribution in [0.1, 0.15) is 17.5 Å². The zero-order valence-electron chi connectivity index (χ0n) is 8.99. The second kappa shape index (κ2) is 4.26. The standard InChI is InChI=1S/C12H12N2O2/c1-8-5-9(3-2-4-15)6-10-11(8)13-7-14-12(10)16/h4-7H,2-3H2,1H3,(H,13,14,16). The molecule has 0 bridgehead atoms. The van der Waals surface area contributed by atoms with Crippen LogP contribution in [0.25, 0.3) is 10.9 Å². The number of benzene rings is 1. The Hall–Kier alpha value is -1.97. The van der Waals surface area contributed by atoms with Gasteiger partial charge in [0.1, 0.15) is 6.29 Å². The Labute approximate surface area is 92.3 Å². The third-order valence-corrected chi connectivity index (χ3v) is 2.55. The fourth-order valence-electron chi connectivity index (χ4n) is 1.80. The molecular formula is C12H12N2O2. The summed E-state index contributed by atoms with van der Waals surface area (Å²) in [5.74, 6) is 0. The number of hydrogen-bond donors (Lipinski definition) is 1. The molecule has 0 aliphatic carbocycles. The summed E-state index contributed by atoms with van der Waals surface area (Å²) in [6.07, 6.45) is 3.42. The molecule has 4 heteroatoms. The molecule has 0 radical (unpaired) electrons. The van der Waals surface area contributed by atoms with Gasteiger partial charge in [0.15, 0.2) is 0 Å². The van der Waals surface area contributed by atoms with Crippen LogP contribution in [0, 0.1) is 6.92 Å². The number of nitrogens with one attached hydrogen (secondary N) is 1. The van der Waals surface area contributed by atoms with Gasteiger partial charge in [-0.25, -0.2) is 4.98 Å². The average molecular weight is 216 g/mol. The van der Waals surface area contributed by atoms with Gasteiger partial charge >= 0.3 is 0 Å². The number of aromatic nitrogens is 2. The molecule has 0 fully saturated rings. The number of nitrogens with zero attached hydrogens (tertiary/aromatic N) is 1. The third-order valence-electron chi connectivity index (χ3n) is 2.55. The molecule has 0 atom stereocenters. The summed E-state index contributed by atoms with van der Waals surface area (Å²) in [5.41, 5.74) is 2.54. The summed E-state index contributed by atoms with van der Waals surface area (Å²) in [6, 6.07) is 3.77. The van der Waals surface area contributed by atoms with Crippen molar-refractivity contribution in [2.75, 3.05) is 0 Å². The maximum atomic E-state index is 11.6. The molecule has 0 aliphatic heterocycles. The lowest BCUT2D eigenvalue weighted by molar-refractivity contribution is -0.107. The maximum absolute atomic E-state index is 11.6. The Morgan fingerprint density at radius 3 is 3.00 bits per heavy atom. The van der Waals surface area contributed by atoms with E-state index in [0.717, 1.165) is 22.9 Å². The molecule has 4 nitrogen and oxygen atoms in total. The second-order valence-corrected chi connectivity index (χ2v) is 3.75. The number of carbonyl (C=O) groups excluding carboxylic acids is 1. The van der Waals surface area contributed by atoms with Gasteiger partial charge in [-0.3, -0.25) is 4.79 Å². The summed E-state index contributed by atoms with van der Waals surface area (Å²) < 4.78 is 0. The van der Waals surface area contributed by atoms with Crippen LogP contribution in [0.3, 0.4) is 0 Å². The molecule has 2 rings (SSSR count). The molecule has 1 aromatic carbocycles. The minimum Gasteiger partial charge on any atom is -0.313 e. The van der Waals surface area contributed by atoms with Crippen LogP contribution >= 0.6 is 0 Å². The first-order valence-corrected chi connectivity index (χ1v) is 5.13. The minimum absolute atomic E-state index is 0.138. The number of aromatic amines is 1. The minimum atomic E-state index is -0.138. The van der Waals surface area contributed by atoms with E-state index in [0.29, 0.717) is 18.2 Å². The highest BCUT2D eigenvalue weighted by atomic mass is 16.1. The van der Waals surface area contributed by atoms with Gasteiger partial charge < -0.3 is 9.78 Å². The van der Waals surface area contributed by atoms with E-state index in [1.54, 1.807) is 6.07 Å². The average Bonchev–Trinajstić information content (AvgIpc) is 2.28. The van der Waals surface area contributed by atoms with Crippen LogP contribution in [-0.2, 0) is 11.2 Å². The van der Waals surface area contributed by atoms with Gasteiger partial charge in [0.05, 0.1) is 17.2 Å². The van der Waals surface area contributed by atoms with Gasteiger partial charge in [-0.15, -0.1) is 0 Å². The molecule has 1 heterocycles. The van der Waals surface area contributed by atoms with E-state index in [2.05, 4.69) is 9.97 Å². The van der Waals surface area contributed by atoms with Crippen molar-refractivity contribution < 1.29 is 4.79 Å². The number of aldehydes is 1. The van der Waals surface area contributed by atoms with Crippen LogP contribution in [0.2, 0.25) is 0 Å². The van der Waals surface area contributed by atoms with Crippen molar-refractivity contribution in [3.63, 3.8) is 0 Å². The van der Waals surface area contributed by atoms with Crippen molar-refractivity contribution in [3.05, 3.63) is 39.9 Å². The molecule has 2 aromatic rings. The molecular weight excluding hydrogens is 204 g/mol. The maximum Gasteiger partial charge on any atom is 0.258 e. The fourth-order valence-corrected chi connectivity index (χ4v) is 1.80. The highest BCUT2D eigenvalue weighted by Crippen LogP contribution is 2.15. The van der Waals surface area contributed by atoms with Gasteiger partial charge in [-0.2, -0.15) is 0 Å². The number of rotatable bonds is 3. The quantitative estimate of drug-likeness (QED) is 0.788. The number of fused-ring (bicyclic) bond motifs is 1. The van der Waals surface area contributed by atoms with E-state index in [1.165, 1.54) is 6.33 Å². The molecule has 0 saturated heterocycles. The molecule has 1 N–H and O–H groups in total. The molecule has 1 aromatic heterocycles. The van der Waals surface area contributed by atoms with Crippen molar-refractivity contribution >= 4 is 17.2 Å². The topological polar surface area (TPSA) is 62.8 Å².